The molecule has 3 amide bonds. The van der Waals surface area contributed by atoms with Crippen molar-refractivity contribution in [1.29, 1.82) is 0 Å². The fourth-order valence-electron chi connectivity index (χ4n) is 3.47. The van der Waals surface area contributed by atoms with E-state index in [2.05, 4.69) is 26.5 Å². The maximum atomic E-state index is 13.1. The molecule has 1 aromatic carbocycles. The van der Waals surface area contributed by atoms with Gasteiger partial charge in [-0.15, -0.1) is 17.8 Å². The van der Waals surface area contributed by atoms with Crippen LogP contribution in [-0.2, 0) is 14.3 Å². The summed E-state index contributed by atoms with van der Waals surface area (Å²) in [4.78, 5) is 47.6. The van der Waals surface area contributed by atoms with Gasteiger partial charge < -0.3 is 25.3 Å². The number of nitrogens with zero attached hydrogens (tertiary/aromatic N) is 2. The number of ether oxygens (including phenoxy) is 1. The van der Waals surface area contributed by atoms with Gasteiger partial charge in [0.15, 0.2) is 6.04 Å². The van der Waals surface area contributed by atoms with Crippen molar-refractivity contribution in [3.8, 4) is 12.3 Å². The first kappa shape index (κ1) is 22.3. The van der Waals surface area contributed by atoms with Crippen molar-refractivity contribution in [2.75, 3.05) is 30.0 Å². The number of H-pyrrole nitrogens is 1. The predicted octanol–water partition coefficient (Wildman–Crippen LogP) is 2.23. The first-order valence-corrected chi connectivity index (χ1v) is 10.9. The lowest BCUT2D eigenvalue weighted by molar-refractivity contribution is -0.125. The molecular formula is C23H21N5O4S. The van der Waals surface area contributed by atoms with Gasteiger partial charge in [0.2, 0.25) is 0 Å². The number of carbonyl (C=O) groups is 3. The fraction of sp³-hybridized carbons (Fsp3) is 0.217. The summed E-state index contributed by atoms with van der Waals surface area (Å²) in [5.41, 5.74) is 2.48. The first-order valence-electron chi connectivity index (χ1n) is 10.1. The van der Waals surface area contributed by atoms with Crippen molar-refractivity contribution in [3.05, 3.63) is 63.9 Å². The molecule has 10 heteroatoms. The molecule has 33 heavy (non-hydrogen) atoms. The second-order valence-electron chi connectivity index (χ2n) is 7.30. The quantitative estimate of drug-likeness (QED) is 0.485. The fourth-order valence-corrected chi connectivity index (χ4v) is 4.19. The van der Waals surface area contributed by atoms with Crippen LogP contribution in [0.5, 0.6) is 0 Å². The molecule has 1 saturated heterocycles. The lowest BCUT2D eigenvalue weighted by atomic mass is 10.1. The minimum atomic E-state index is -1.03. The maximum Gasteiger partial charge on any atom is 0.262 e. The molecule has 0 radical (unpaired) electrons. The number of aromatic amines is 1. The van der Waals surface area contributed by atoms with Crippen LogP contribution in [0.25, 0.3) is 0 Å². The van der Waals surface area contributed by atoms with Crippen molar-refractivity contribution in [1.82, 2.24) is 15.3 Å². The smallest absolute Gasteiger partial charge is 0.262 e. The summed E-state index contributed by atoms with van der Waals surface area (Å²) in [6.45, 7) is 2.86. The lowest BCUT2D eigenvalue weighted by Gasteiger charge is -2.28. The summed E-state index contributed by atoms with van der Waals surface area (Å²) in [7, 11) is 0. The molecule has 1 unspecified atom stereocenters. The maximum absolute atomic E-state index is 13.1. The molecule has 1 aliphatic rings. The van der Waals surface area contributed by atoms with Gasteiger partial charge in [-0.3, -0.25) is 14.4 Å². The molecule has 3 heterocycles. The molecular weight excluding hydrogens is 442 g/mol. The highest BCUT2D eigenvalue weighted by molar-refractivity contribution is 7.14. The predicted molar refractivity (Wildman–Crippen MR) is 124 cm³/mol. The molecule has 0 saturated carbocycles. The average Bonchev–Trinajstić information content (AvgIpc) is 3.50. The third-order valence-electron chi connectivity index (χ3n) is 5.07. The second kappa shape index (κ2) is 9.68. The van der Waals surface area contributed by atoms with Crippen LogP contribution in [-0.4, -0.2) is 47.4 Å². The number of benzene rings is 1. The SMILES string of the molecule is C#Cc1ccc(C(=O)NC(C(=O)Nc2ccc(N3CCOCC3=O)c(C)c2)c2c[nH]cn2)s1. The topological polar surface area (TPSA) is 116 Å². The van der Waals surface area contributed by atoms with Gasteiger partial charge in [0.05, 0.1) is 28.4 Å². The summed E-state index contributed by atoms with van der Waals surface area (Å²) in [5, 5.41) is 5.54. The van der Waals surface area contributed by atoms with Gasteiger partial charge in [-0.1, -0.05) is 5.92 Å². The van der Waals surface area contributed by atoms with Gasteiger partial charge in [-0.25, -0.2) is 4.98 Å². The van der Waals surface area contributed by atoms with Crippen LogP contribution in [0.1, 0.15) is 31.8 Å². The van der Waals surface area contributed by atoms with Crippen LogP contribution in [0, 0.1) is 19.3 Å². The van der Waals surface area contributed by atoms with Crippen LogP contribution >= 0.6 is 11.3 Å². The Morgan fingerprint density at radius 2 is 2.18 bits per heavy atom. The number of imidazole rings is 1. The molecule has 4 rings (SSSR count). The number of carbonyl (C=O) groups excluding carboxylic acids is 3. The number of amides is 3. The molecule has 1 atom stereocenters. The van der Waals surface area contributed by atoms with Gasteiger partial charge in [-0.2, -0.15) is 0 Å². The van der Waals surface area contributed by atoms with E-state index in [1.807, 2.05) is 6.92 Å². The first-order chi connectivity index (χ1) is 16.0. The number of hydrogen-bond acceptors (Lipinski definition) is 6. The molecule has 1 aliphatic heterocycles. The third kappa shape index (κ3) is 4.95. The summed E-state index contributed by atoms with van der Waals surface area (Å²) >= 11 is 1.16. The molecule has 0 spiro atoms. The largest absolute Gasteiger partial charge is 0.370 e. The minimum absolute atomic E-state index is 0.0516. The number of anilines is 2. The van der Waals surface area contributed by atoms with E-state index in [0.717, 1.165) is 22.6 Å². The van der Waals surface area contributed by atoms with Crippen LogP contribution in [0.4, 0.5) is 11.4 Å². The Bertz CT molecular complexity index is 1230. The Morgan fingerprint density at radius 1 is 1.33 bits per heavy atom. The van der Waals surface area contributed by atoms with Crippen LogP contribution in [0.2, 0.25) is 0 Å². The van der Waals surface area contributed by atoms with E-state index >= 15 is 0 Å². The summed E-state index contributed by atoms with van der Waals surface area (Å²) in [6.07, 6.45) is 8.35. The zero-order valence-corrected chi connectivity index (χ0v) is 18.6. The van der Waals surface area contributed by atoms with E-state index in [0.29, 0.717) is 34.3 Å². The van der Waals surface area contributed by atoms with E-state index in [9.17, 15) is 14.4 Å². The third-order valence-corrected chi connectivity index (χ3v) is 6.08. The van der Waals surface area contributed by atoms with Gasteiger partial charge in [0.1, 0.15) is 6.61 Å². The van der Waals surface area contributed by atoms with Crippen molar-refractivity contribution in [3.63, 3.8) is 0 Å². The van der Waals surface area contributed by atoms with Crippen molar-refractivity contribution in [2.45, 2.75) is 13.0 Å². The Balaban J connectivity index is 1.51. The van der Waals surface area contributed by atoms with Crippen molar-refractivity contribution >= 4 is 40.4 Å². The van der Waals surface area contributed by atoms with Gasteiger partial charge >= 0.3 is 0 Å². The summed E-state index contributed by atoms with van der Waals surface area (Å²) < 4.78 is 5.18. The highest BCUT2D eigenvalue weighted by atomic mass is 32.1. The van der Waals surface area contributed by atoms with E-state index in [4.69, 9.17) is 11.2 Å². The average molecular weight is 464 g/mol. The van der Waals surface area contributed by atoms with Crippen LogP contribution < -0.4 is 15.5 Å². The number of rotatable bonds is 6. The normalized spacial score (nSPS) is 14.4. The molecule has 2 aromatic heterocycles. The number of aromatic nitrogens is 2. The zero-order valence-electron chi connectivity index (χ0n) is 17.8. The highest BCUT2D eigenvalue weighted by Crippen LogP contribution is 2.26. The van der Waals surface area contributed by atoms with E-state index < -0.39 is 17.9 Å². The Labute approximate surface area is 194 Å². The van der Waals surface area contributed by atoms with Gasteiger partial charge in [0.25, 0.3) is 17.7 Å². The number of hydrogen-bond donors (Lipinski definition) is 3. The molecule has 0 bridgehead atoms. The lowest BCUT2D eigenvalue weighted by Crippen LogP contribution is -2.42. The number of thiophene rings is 1. The van der Waals surface area contributed by atoms with E-state index in [-0.39, 0.29) is 12.5 Å². The van der Waals surface area contributed by atoms with Crippen LogP contribution in [0.3, 0.4) is 0 Å². The summed E-state index contributed by atoms with van der Waals surface area (Å²) in [6, 6.07) is 7.53. The van der Waals surface area contributed by atoms with Crippen molar-refractivity contribution in [2.24, 2.45) is 0 Å². The van der Waals surface area contributed by atoms with Gasteiger partial charge in [0, 0.05) is 24.1 Å². The highest BCUT2D eigenvalue weighted by Gasteiger charge is 2.27. The summed E-state index contributed by atoms with van der Waals surface area (Å²) in [5.74, 6) is 1.49. The number of morpholine rings is 1. The van der Waals surface area contributed by atoms with E-state index in [1.165, 1.54) is 6.33 Å². The Hall–Kier alpha value is -3.94. The standard InChI is InChI=1S/C23H21N5O4S/c1-3-16-5-7-19(33-16)22(30)27-21(17-11-24-13-25-17)23(31)26-15-4-6-18(14(2)10-15)28-8-9-32-12-20(28)29/h1,4-7,10-11,13,21H,8-9,12H2,2H3,(H,24,25)(H,26,31)(H,27,30). The number of aryl methyl sites for hydroxylation is 1. The second-order valence-corrected chi connectivity index (χ2v) is 8.38. The zero-order chi connectivity index (χ0) is 23.4. The molecule has 1 fully saturated rings. The van der Waals surface area contributed by atoms with Gasteiger partial charge in [-0.05, 0) is 42.8 Å². The number of nitrogens with one attached hydrogen (secondary N) is 3. The molecule has 0 aliphatic carbocycles. The minimum Gasteiger partial charge on any atom is -0.370 e. The Kier molecular flexibility index (Phi) is 6.53. The Morgan fingerprint density at radius 3 is 2.85 bits per heavy atom. The van der Waals surface area contributed by atoms with E-state index in [1.54, 1.807) is 41.4 Å². The van der Waals surface area contributed by atoms with Crippen LogP contribution in [0.15, 0.2) is 42.9 Å². The van der Waals surface area contributed by atoms with Crippen molar-refractivity contribution < 1.29 is 19.1 Å². The monoisotopic (exact) mass is 463 g/mol. The molecule has 3 aromatic rings. The number of terminal acetylenes is 1. The molecule has 3 N–H and O–H groups in total. The molecule has 168 valence electrons. The molecule has 9 nitrogen and oxygen atoms in total.